The summed E-state index contributed by atoms with van der Waals surface area (Å²) in [7, 11) is 3.53. The Labute approximate surface area is 102 Å². The Morgan fingerprint density at radius 2 is 1.31 bits per heavy atom. The topological polar surface area (TPSA) is 51.6 Å². The predicted octanol–water partition coefficient (Wildman–Crippen LogP) is 2.35. The van der Waals surface area contributed by atoms with Crippen LogP contribution in [0.5, 0.6) is 0 Å². The van der Waals surface area contributed by atoms with E-state index in [4.69, 9.17) is 0 Å². The van der Waals surface area contributed by atoms with Crippen LogP contribution >= 0.6 is 21.6 Å². The third kappa shape index (κ3) is 3.79. The van der Waals surface area contributed by atoms with E-state index in [-0.39, 0.29) is 0 Å². The van der Waals surface area contributed by atoms with Crippen molar-refractivity contribution >= 4 is 21.6 Å². The highest BCUT2D eigenvalue weighted by atomic mass is 33.1. The van der Waals surface area contributed by atoms with Gasteiger partial charge in [0.2, 0.25) is 0 Å². The Hall–Kier alpha value is -1.14. The highest BCUT2D eigenvalue weighted by Gasteiger charge is 1.97. The molecule has 2 heterocycles. The predicted molar refractivity (Wildman–Crippen MR) is 66.7 cm³/mol. The lowest BCUT2D eigenvalue weighted by atomic mass is 10.5. The second-order valence-electron chi connectivity index (χ2n) is 2.93. The third-order valence-electron chi connectivity index (χ3n) is 1.78. The third-order valence-corrected chi connectivity index (χ3v) is 3.98. The summed E-state index contributed by atoms with van der Waals surface area (Å²) in [6, 6.07) is 3.86. The van der Waals surface area contributed by atoms with E-state index in [1.165, 1.54) is 0 Å². The molecule has 2 aromatic heterocycles. The molecule has 0 atom stereocenters. The van der Waals surface area contributed by atoms with Gasteiger partial charge < -0.3 is 0 Å². The summed E-state index contributed by atoms with van der Waals surface area (Å²) in [5.74, 6) is 1.77. The van der Waals surface area contributed by atoms with Crippen LogP contribution in [0.4, 0.5) is 0 Å². The number of hydrogen-bond acceptors (Lipinski definition) is 6. The van der Waals surface area contributed by atoms with Gasteiger partial charge in [0.05, 0.1) is 11.4 Å². The fourth-order valence-corrected chi connectivity index (χ4v) is 2.99. The van der Waals surface area contributed by atoms with Gasteiger partial charge in [0, 0.05) is 23.9 Å². The molecule has 0 aromatic carbocycles. The van der Waals surface area contributed by atoms with Crippen LogP contribution < -0.4 is 0 Å². The molecule has 0 radical (unpaired) electrons. The van der Waals surface area contributed by atoms with Gasteiger partial charge in [-0.25, -0.2) is 19.9 Å². The molecule has 0 aliphatic rings. The van der Waals surface area contributed by atoms with E-state index in [0.717, 1.165) is 22.9 Å². The van der Waals surface area contributed by atoms with Crippen molar-refractivity contribution in [2.75, 3.05) is 0 Å². The summed E-state index contributed by atoms with van der Waals surface area (Å²) in [5.41, 5.74) is 2.10. The Kier molecular flexibility index (Phi) is 4.57. The molecule has 0 spiro atoms. The van der Waals surface area contributed by atoms with Gasteiger partial charge in [-0.2, -0.15) is 0 Å². The van der Waals surface area contributed by atoms with E-state index in [9.17, 15) is 0 Å². The van der Waals surface area contributed by atoms with E-state index in [2.05, 4.69) is 19.9 Å². The molecule has 6 heteroatoms. The molecule has 82 valence electrons. The van der Waals surface area contributed by atoms with Crippen LogP contribution in [0.25, 0.3) is 0 Å². The summed E-state index contributed by atoms with van der Waals surface area (Å²) in [4.78, 5) is 16.1. The van der Waals surface area contributed by atoms with Gasteiger partial charge in [0.25, 0.3) is 0 Å². The molecular weight excluding hydrogens is 240 g/mol. The molecular formula is C10H10N4S2. The first-order valence-corrected chi connectivity index (χ1v) is 7.18. The summed E-state index contributed by atoms with van der Waals surface area (Å²) in [6.07, 6.45) is 6.67. The van der Waals surface area contributed by atoms with Crippen molar-refractivity contribution in [1.82, 2.24) is 19.9 Å². The molecule has 0 unspecified atom stereocenters. The quantitative estimate of drug-likeness (QED) is 0.599. The average molecular weight is 250 g/mol. The van der Waals surface area contributed by atoms with E-state index in [1.807, 2.05) is 12.1 Å². The fourth-order valence-electron chi connectivity index (χ4n) is 1.01. The van der Waals surface area contributed by atoms with Gasteiger partial charge in [-0.05, 0) is 12.1 Å². The van der Waals surface area contributed by atoms with Crippen LogP contribution in [0, 0.1) is 0 Å². The van der Waals surface area contributed by atoms with Crippen LogP contribution in [0.1, 0.15) is 11.4 Å². The van der Waals surface area contributed by atoms with Crippen molar-refractivity contribution in [3.8, 4) is 0 Å². The van der Waals surface area contributed by atoms with E-state index in [0.29, 0.717) is 0 Å². The van der Waals surface area contributed by atoms with Gasteiger partial charge in [0.1, 0.15) is 12.7 Å². The van der Waals surface area contributed by atoms with Crippen molar-refractivity contribution in [2.45, 2.75) is 11.5 Å². The lowest BCUT2D eigenvalue weighted by Crippen LogP contribution is -1.87. The van der Waals surface area contributed by atoms with Crippen molar-refractivity contribution in [2.24, 2.45) is 0 Å². The first-order valence-electron chi connectivity index (χ1n) is 4.69. The highest BCUT2D eigenvalue weighted by Crippen LogP contribution is 2.27. The summed E-state index contributed by atoms with van der Waals surface area (Å²) in [5, 5.41) is 0. The maximum Gasteiger partial charge on any atom is 0.115 e. The Bertz CT molecular complexity index is 368. The molecule has 0 bridgehead atoms. The molecule has 0 aliphatic carbocycles. The number of hydrogen-bond donors (Lipinski definition) is 0. The first kappa shape index (κ1) is 11.3. The fraction of sp³-hybridized carbons (Fsp3) is 0.200. The highest BCUT2D eigenvalue weighted by molar-refractivity contribution is 8.76. The van der Waals surface area contributed by atoms with Gasteiger partial charge in [0.15, 0.2) is 0 Å². The monoisotopic (exact) mass is 250 g/mol. The lowest BCUT2D eigenvalue weighted by Gasteiger charge is -1.99. The zero-order valence-corrected chi connectivity index (χ0v) is 10.1. The normalized spacial score (nSPS) is 10.2. The van der Waals surface area contributed by atoms with Crippen molar-refractivity contribution in [3.63, 3.8) is 0 Å². The zero-order chi connectivity index (χ0) is 11.1. The van der Waals surface area contributed by atoms with E-state index in [1.54, 1.807) is 46.6 Å². The SMILES string of the molecule is c1cc(CSSCc2ccncn2)ncn1. The van der Waals surface area contributed by atoms with Crippen LogP contribution in [0.3, 0.4) is 0 Å². The van der Waals surface area contributed by atoms with Crippen LogP contribution in [-0.4, -0.2) is 19.9 Å². The number of aromatic nitrogens is 4. The average Bonchev–Trinajstić information content (AvgIpc) is 2.37. The molecule has 16 heavy (non-hydrogen) atoms. The summed E-state index contributed by atoms with van der Waals surface area (Å²) < 4.78 is 0. The minimum Gasteiger partial charge on any atom is -0.245 e. The first-order chi connectivity index (χ1) is 7.95. The summed E-state index contributed by atoms with van der Waals surface area (Å²) in [6.45, 7) is 0. The molecule has 0 N–H and O–H groups in total. The molecule has 2 rings (SSSR count). The Balaban J connectivity index is 1.70. The maximum absolute atomic E-state index is 4.15. The number of rotatable bonds is 5. The minimum atomic E-state index is 0.887. The van der Waals surface area contributed by atoms with E-state index >= 15 is 0 Å². The molecule has 0 saturated heterocycles. The molecule has 0 aliphatic heterocycles. The van der Waals surface area contributed by atoms with Gasteiger partial charge >= 0.3 is 0 Å². The Morgan fingerprint density at radius 3 is 1.69 bits per heavy atom. The lowest BCUT2D eigenvalue weighted by molar-refractivity contribution is 1.09. The second kappa shape index (κ2) is 6.44. The maximum atomic E-state index is 4.15. The minimum absolute atomic E-state index is 0.887. The molecule has 2 aromatic rings. The second-order valence-corrected chi connectivity index (χ2v) is 5.39. The van der Waals surface area contributed by atoms with E-state index < -0.39 is 0 Å². The Morgan fingerprint density at radius 1 is 0.812 bits per heavy atom. The van der Waals surface area contributed by atoms with Crippen LogP contribution in [-0.2, 0) is 11.5 Å². The van der Waals surface area contributed by atoms with Crippen LogP contribution in [0.15, 0.2) is 37.2 Å². The number of nitrogens with zero attached hydrogens (tertiary/aromatic N) is 4. The molecule has 0 amide bonds. The van der Waals surface area contributed by atoms with Gasteiger partial charge in [-0.1, -0.05) is 21.6 Å². The summed E-state index contributed by atoms with van der Waals surface area (Å²) >= 11 is 0. The van der Waals surface area contributed by atoms with Crippen molar-refractivity contribution < 1.29 is 0 Å². The van der Waals surface area contributed by atoms with Crippen molar-refractivity contribution in [3.05, 3.63) is 48.6 Å². The van der Waals surface area contributed by atoms with Gasteiger partial charge in [-0.15, -0.1) is 0 Å². The van der Waals surface area contributed by atoms with Crippen LogP contribution in [0.2, 0.25) is 0 Å². The van der Waals surface area contributed by atoms with Crippen molar-refractivity contribution in [1.29, 1.82) is 0 Å². The molecule has 0 fully saturated rings. The zero-order valence-electron chi connectivity index (χ0n) is 8.48. The largest absolute Gasteiger partial charge is 0.245 e. The van der Waals surface area contributed by atoms with Gasteiger partial charge in [-0.3, -0.25) is 0 Å². The smallest absolute Gasteiger partial charge is 0.115 e. The molecule has 0 saturated carbocycles. The standard InChI is InChI=1S/C10H10N4S2/c1-3-11-7-13-9(1)5-15-16-6-10-2-4-12-8-14-10/h1-4,7-8H,5-6H2. The molecule has 4 nitrogen and oxygen atoms in total.